The molecule has 15 heteroatoms. The second-order valence-corrected chi connectivity index (χ2v) is 18.7. The van der Waals surface area contributed by atoms with Crippen molar-refractivity contribution in [1.29, 1.82) is 0 Å². The number of carbonyl (C=O) groups is 1. The lowest BCUT2D eigenvalue weighted by Crippen LogP contribution is -2.65. The standard InChI is InChI=1S/C39H62O15/c1-16-7-10-39(49-15-16)17(2)25-22(54-39)12-21-20-6-5-18-11-19(8-9-37(18,3)26(20)28(43)34(48)38(21,25)4)50-35-32(47)30(45)33(24(14-41)52-35)53-36-31(46)29(44)27(42)23(13-40)51-36/h16-27,29-36,40-42,44-48H,5-15H2,1-4H3/t16?,17-,18-,19-,20?,21?,22?,23?,24?,25?,26?,27?,29?,30?,31?,32?,33?,34+,35?,36?,37-,38-,39+/m0/s1. The monoisotopic (exact) mass is 770 g/mol. The van der Waals surface area contributed by atoms with Crippen molar-refractivity contribution >= 4 is 5.78 Å². The van der Waals surface area contributed by atoms with Crippen LogP contribution in [0.3, 0.4) is 0 Å². The van der Waals surface area contributed by atoms with E-state index in [2.05, 4.69) is 27.7 Å². The maximum Gasteiger partial charge on any atom is 0.187 e. The highest BCUT2D eigenvalue weighted by molar-refractivity contribution is 5.88. The van der Waals surface area contributed by atoms with Crippen molar-refractivity contribution in [3.63, 3.8) is 0 Å². The van der Waals surface area contributed by atoms with Gasteiger partial charge in [0.05, 0.1) is 32.0 Å². The molecule has 4 heterocycles. The largest absolute Gasteiger partial charge is 0.394 e. The van der Waals surface area contributed by atoms with E-state index in [1.54, 1.807) is 0 Å². The van der Waals surface area contributed by atoms with Crippen LogP contribution in [0.15, 0.2) is 0 Å². The molecule has 54 heavy (non-hydrogen) atoms. The zero-order valence-corrected chi connectivity index (χ0v) is 31.8. The quantitative estimate of drug-likeness (QED) is 0.161. The van der Waals surface area contributed by atoms with E-state index in [0.717, 1.165) is 32.1 Å². The van der Waals surface area contributed by atoms with Crippen molar-refractivity contribution < 1.29 is 74.1 Å². The van der Waals surface area contributed by atoms with Crippen LogP contribution in [0.25, 0.3) is 0 Å². The molecule has 0 aromatic carbocycles. The first-order valence-electron chi connectivity index (χ1n) is 20.4. The Hall–Kier alpha value is -0.890. The van der Waals surface area contributed by atoms with Gasteiger partial charge in [-0.05, 0) is 74.0 Å². The zero-order valence-electron chi connectivity index (χ0n) is 31.8. The van der Waals surface area contributed by atoms with Crippen LogP contribution in [0, 0.1) is 52.3 Å². The van der Waals surface area contributed by atoms with Crippen LogP contribution in [-0.4, -0.2) is 152 Å². The van der Waals surface area contributed by atoms with E-state index < -0.39 is 91.9 Å². The molecule has 23 atom stereocenters. The molecule has 0 aromatic heterocycles. The summed E-state index contributed by atoms with van der Waals surface area (Å²) >= 11 is 0. The normalized spacial score (nSPS) is 58.7. The smallest absolute Gasteiger partial charge is 0.187 e. The van der Waals surface area contributed by atoms with Gasteiger partial charge in [-0.2, -0.15) is 0 Å². The number of aliphatic hydroxyl groups excluding tert-OH is 8. The van der Waals surface area contributed by atoms with E-state index in [9.17, 15) is 45.6 Å². The summed E-state index contributed by atoms with van der Waals surface area (Å²) in [6, 6.07) is 0. The minimum atomic E-state index is -1.75. The minimum absolute atomic E-state index is 0.0349. The van der Waals surface area contributed by atoms with Gasteiger partial charge in [-0.15, -0.1) is 0 Å². The van der Waals surface area contributed by atoms with Gasteiger partial charge in [-0.3, -0.25) is 4.79 Å². The average molecular weight is 771 g/mol. The van der Waals surface area contributed by atoms with E-state index in [1.165, 1.54) is 0 Å². The van der Waals surface area contributed by atoms with Crippen molar-refractivity contribution in [2.75, 3.05) is 19.8 Å². The van der Waals surface area contributed by atoms with E-state index in [1.807, 2.05) is 0 Å². The third-order valence-corrected chi connectivity index (χ3v) is 16.0. The average Bonchev–Trinajstić information content (AvgIpc) is 3.60. The molecule has 16 unspecified atom stereocenters. The lowest BCUT2D eigenvalue weighted by Gasteiger charge is -2.61. The van der Waals surface area contributed by atoms with Crippen molar-refractivity contribution in [3.8, 4) is 0 Å². The Morgan fingerprint density at radius 1 is 0.778 bits per heavy atom. The van der Waals surface area contributed by atoms with Gasteiger partial charge in [0, 0.05) is 29.6 Å². The van der Waals surface area contributed by atoms with Gasteiger partial charge in [0.1, 0.15) is 54.9 Å². The maximum absolute atomic E-state index is 14.6. The van der Waals surface area contributed by atoms with Crippen LogP contribution in [-0.2, 0) is 33.2 Å². The Balaban J connectivity index is 0.926. The third-order valence-electron chi connectivity index (χ3n) is 16.0. The molecule has 15 nitrogen and oxygen atoms in total. The maximum atomic E-state index is 14.6. The first kappa shape index (κ1) is 39.9. The number of carbonyl (C=O) groups excluding carboxylic acids is 1. The fourth-order valence-corrected chi connectivity index (χ4v) is 13.0. The van der Waals surface area contributed by atoms with Crippen LogP contribution < -0.4 is 0 Å². The van der Waals surface area contributed by atoms with Gasteiger partial charge in [0.25, 0.3) is 0 Å². The van der Waals surface area contributed by atoms with Crippen molar-refractivity contribution in [2.24, 2.45) is 52.3 Å². The Morgan fingerprint density at radius 3 is 2.15 bits per heavy atom. The molecular weight excluding hydrogens is 708 g/mol. The lowest BCUT2D eigenvalue weighted by atomic mass is 9.43. The molecular formula is C39H62O15. The van der Waals surface area contributed by atoms with Crippen LogP contribution in [0.2, 0.25) is 0 Å². The Bertz CT molecular complexity index is 1370. The van der Waals surface area contributed by atoms with E-state index >= 15 is 0 Å². The minimum Gasteiger partial charge on any atom is -0.394 e. The Kier molecular flexibility index (Phi) is 10.7. The fourth-order valence-electron chi connectivity index (χ4n) is 13.0. The SMILES string of the molecule is CC1CC[C@@]2(OC1)OC1CC3C4CC[C@H]5C[C@@H](OC6OC(CO)C(OC7OC(CO)C(O)C(O)C7O)C(O)C6O)CC[C@]5(C)C4C(=O)[C@@H](O)[C@]3(C)C1[C@@H]2C. The van der Waals surface area contributed by atoms with Gasteiger partial charge in [-0.25, -0.2) is 0 Å². The van der Waals surface area contributed by atoms with Crippen LogP contribution in [0.5, 0.6) is 0 Å². The molecule has 0 radical (unpaired) electrons. The number of ether oxygens (including phenoxy) is 6. The summed E-state index contributed by atoms with van der Waals surface area (Å²) in [5.74, 6) is -0.0000467. The predicted molar refractivity (Wildman–Crippen MR) is 185 cm³/mol. The number of rotatable bonds is 6. The van der Waals surface area contributed by atoms with Crippen LogP contribution in [0.4, 0.5) is 0 Å². The van der Waals surface area contributed by atoms with Crippen molar-refractivity contribution in [3.05, 3.63) is 0 Å². The first-order valence-corrected chi connectivity index (χ1v) is 20.4. The molecule has 8 fully saturated rings. The Morgan fingerprint density at radius 2 is 1.46 bits per heavy atom. The molecule has 8 rings (SSSR count). The molecule has 8 aliphatic rings. The summed E-state index contributed by atoms with van der Waals surface area (Å²) in [5.41, 5.74) is -0.954. The van der Waals surface area contributed by atoms with Gasteiger partial charge >= 0.3 is 0 Å². The molecule has 0 aromatic rings. The fraction of sp³-hybridized carbons (Fsp3) is 0.974. The summed E-state index contributed by atoms with van der Waals surface area (Å²) in [7, 11) is 0. The van der Waals surface area contributed by atoms with Gasteiger partial charge < -0.3 is 69.3 Å². The summed E-state index contributed by atoms with van der Waals surface area (Å²) in [4.78, 5) is 14.6. The second kappa shape index (κ2) is 14.4. The summed E-state index contributed by atoms with van der Waals surface area (Å²) < 4.78 is 36.6. The van der Waals surface area contributed by atoms with Crippen molar-refractivity contribution in [1.82, 2.24) is 0 Å². The number of hydrogen-bond acceptors (Lipinski definition) is 15. The molecule has 8 N–H and O–H groups in total. The Labute approximate surface area is 316 Å². The highest BCUT2D eigenvalue weighted by atomic mass is 16.7. The third kappa shape index (κ3) is 5.93. The predicted octanol–water partition coefficient (Wildman–Crippen LogP) is -0.408. The van der Waals surface area contributed by atoms with E-state index in [-0.39, 0.29) is 58.9 Å². The molecule has 4 aliphatic heterocycles. The first-order chi connectivity index (χ1) is 25.6. The number of Topliss-reactive ketones (excluding diaryl/α,β-unsaturated/α-hetero) is 1. The zero-order chi connectivity index (χ0) is 38.6. The molecule has 4 saturated heterocycles. The topological polar surface area (TPSA) is 234 Å². The molecule has 0 amide bonds. The van der Waals surface area contributed by atoms with Gasteiger partial charge in [0.2, 0.25) is 0 Å². The summed E-state index contributed by atoms with van der Waals surface area (Å²) in [5, 5.41) is 84.8. The molecule has 0 bridgehead atoms. The molecule has 1 spiro atoms. The number of ketones is 1. The highest BCUT2D eigenvalue weighted by Crippen LogP contribution is 2.70. The number of hydrogen-bond donors (Lipinski definition) is 8. The van der Waals surface area contributed by atoms with E-state index in [0.29, 0.717) is 31.8 Å². The van der Waals surface area contributed by atoms with Crippen LogP contribution in [0.1, 0.15) is 79.1 Å². The van der Waals surface area contributed by atoms with Gasteiger partial charge in [0.15, 0.2) is 24.2 Å². The molecule has 4 aliphatic carbocycles. The second-order valence-electron chi connectivity index (χ2n) is 18.7. The summed E-state index contributed by atoms with van der Waals surface area (Å²) in [6.07, 6.45) is -10.5. The lowest BCUT2D eigenvalue weighted by molar-refractivity contribution is -0.364. The molecule has 308 valence electrons. The number of fused-ring (bicyclic) bond motifs is 7. The van der Waals surface area contributed by atoms with Crippen molar-refractivity contribution in [2.45, 2.75) is 165 Å². The van der Waals surface area contributed by atoms with Gasteiger partial charge in [-0.1, -0.05) is 27.7 Å². The number of aliphatic hydroxyl groups is 8. The van der Waals surface area contributed by atoms with Crippen LogP contribution >= 0.6 is 0 Å². The highest BCUT2D eigenvalue weighted by Gasteiger charge is 2.73. The summed E-state index contributed by atoms with van der Waals surface area (Å²) in [6.45, 7) is 8.04. The van der Waals surface area contributed by atoms with E-state index in [4.69, 9.17) is 28.4 Å². The molecule has 4 saturated carbocycles.